The summed E-state index contributed by atoms with van der Waals surface area (Å²) in [7, 11) is -4.77. The Morgan fingerprint density at radius 3 is 1.16 bits per heavy atom. The quantitative estimate of drug-likeness (QED) is 0.0197. The maximum atomic E-state index is 12.9. The smallest absolute Gasteiger partial charge is 0.462 e. The summed E-state index contributed by atoms with van der Waals surface area (Å²) >= 11 is 0. The van der Waals surface area contributed by atoms with E-state index in [2.05, 4.69) is 106 Å². The molecule has 0 aliphatic heterocycles. The van der Waals surface area contributed by atoms with Crippen LogP contribution in [0.5, 0.6) is 0 Å². The van der Waals surface area contributed by atoms with Gasteiger partial charge in [-0.05, 0) is 89.9 Å². The van der Waals surface area contributed by atoms with Crippen LogP contribution in [0.4, 0.5) is 0 Å². The Balaban J connectivity index is 4.85. The van der Waals surface area contributed by atoms with Gasteiger partial charge in [0.1, 0.15) is 12.7 Å². The van der Waals surface area contributed by atoms with Crippen molar-refractivity contribution in [2.75, 3.05) is 26.4 Å². The lowest BCUT2D eigenvalue weighted by Gasteiger charge is -2.21. The number of hydrogen-bond donors (Lipinski definition) is 2. The maximum Gasteiger partial charge on any atom is 0.472 e. The monoisotopic (exact) mass is 1060 g/mol. The van der Waals surface area contributed by atoms with Gasteiger partial charge in [-0.15, -0.1) is 0 Å². The van der Waals surface area contributed by atoms with Crippen LogP contribution in [0.3, 0.4) is 0 Å². The van der Waals surface area contributed by atoms with Crippen LogP contribution in [0.15, 0.2) is 97.2 Å². The molecule has 0 saturated carbocycles. The molecule has 12 heteroatoms. The SMILES string of the molecule is CC/C=C\C/C=C\C/C=C\C/C=C\C/C=C\C/C=C\CCC(=O)OCC(COP(=O)(O)OCC(CO)OC(=O)CCCCCCCCCCCCC)OC(=O)CCCCCCCCC/C=C\C/C=C\CCCCC. The van der Waals surface area contributed by atoms with Gasteiger partial charge in [-0.2, -0.15) is 0 Å². The molecule has 74 heavy (non-hydrogen) atoms. The molecule has 0 fully saturated rings. The molecule has 0 aromatic rings. The zero-order valence-electron chi connectivity index (χ0n) is 46.8. The van der Waals surface area contributed by atoms with Gasteiger partial charge < -0.3 is 24.2 Å². The summed E-state index contributed by atoms with van der Waals surface area (Å²) in [6, 6.07) is 0. The lowest BCUT2D eigenvalue weighted by molar-refractivity contribution is -0.161. The van der Waals surface area contributed by atoms with Gasteiger partial charge in [0.05, 0.1) is 19.8 Å². The van der Waals surface area contributed by atoms with Crippen molar-refractivity contribution in [1.82, 2.24) is 0 Å². The molecule has 11 nitrogen and oxygen atoms in total. The molecule has 0 aliphatic rings. The standard InChI is InChI=1S/C62H105O11P/c1-4-7-10-13-16-19-22-24-26-28-29-31-32-34-37-39-42-45-48-51-60(64)69-55-59(73-62(66)53-50-47-44-41-38-35-33-30-27-25-23-20-17-14-11-8-5-2)57-71-74(67,68)70-56-58(54-63)72-61(65)52-49-46-43-40-36-21-18-15-12-9-6-3/h7,10,16-17,19-20,24-27,29,31,34,37,42,45,58-59,63H,4-6,8-9,11-15,18,21-23,28,30,32-33,35-36,38-41,43-44,46-57H2,1-3H3,(H,67,68)/b10-7-,19-16-,20-17-,26-24-,27-25-,31-29-,37-34-,45-42-. The van der Waals surface area contributed by atoms with Crippen LogP contribution in [0.25, 0.3) is 0 Å². The molecule has 0 spiro atoms. The number of carbonyl (C=O) groups is 3. The Bertz CT molecular complexity index is 1610. The average molecular weight is 1060 g/mol. The minimum absolute atomic E-state index is 0.0966. The van der Waals surface area contributed by atoms with Gasteiger partial charge in [0.15, 0.2) is 6.10 Å². The van der Waals surface area contributed by atoms with Gasteiger partial charge >= 0.3 is 25.7 Å². The molecule has 0 aliphatic carbocycles. The van der Waals surface area contributed by atoms with E-state index in [9.17, 15) is 28.9 Å². The Hall–Kier alpha value is -3.60. The number of carbonyl (C=O) groups excluding carboxylic acids is 3. The van der Waals surface area contributed by atoms with Crippen molar-refractivity contribution < 1.29 is 52.2 Å². The average Bonchev–Trinajstić information content (AvgIpc) is 3.39. The van der Waals surface area contributed by atoms with Crippen molar-refractivity contribution in [3.63, 3.8) is 0 Å². The molecule has 0 aromatic heterocycles. The molecular formula is C62H105O11P. The van der Waals surface area contributed by atoms with Gasteiger partial charge in [0.2, 0.25) is 0 Å². The predicted octanol–water partition coefficient (Wildman–Crippen LogP) is 17.3. The number of esters is 3. The molecule has 0 radical (unpaired) electrons. The summed E-state index contributed by atoms with van der Waals surface area (Å²) in [6.45, 7) is 4.41. The first kappa shape index (κ1) is 70.4. The number of unbranched alkanes of at least 4 members (excludes halogenated alkanes) is 20. The van der Waals surface area contributed by atoms with E-state index in [1.165, 1.54) is 83.5 Å². The highest BCUT2D eigenvalue weighted by Crippen LogP contribution is 2.43. The molecule has 0 heterocycles. The van der Waals surface area contributed by atoms with E-state index >= 15 is 0 Å². The van der Waals surface area contributed by atoms with Gasteiger partial charge in [0, 0.05) is 19.3 Å². The third kappa shape index (κ3) is 53.2. The van der Waals surface area contributed by atoms with Gasteiger partial charge in [0.25, 0.3) is 0 Å². The van der Waals surface area contributed by atoms with Crippen LogP contribution >= 0.6 is 7.82 Å². The van der Waals surface area contributed by atoms with Gasteiger partial charge in [-0.3, -0.25) is 23.4 Å². The molecule has 0 rings (SSSR count). The number of aliphatic hydroxyl groups is 1. The second-order valence-electron chi connectivity index (χ2n) is 19.1. The highest BCUT2D eigenvalue weighted by molar-refractivity contribution is 7.47. The highest BCUT2D eigenvalue weighted by atomic mass is 31.2. The third-order valence-electron chi connectivity index (χ3n) is 12.0. The zero-order valence-corrected chi connectivity index (χ0v) is 47.7. The summed E-state index contributed by atoms with van der Waals surface area (Å²) < 4.78 is 39.4. The lowest BCUT2D eigenvalue weighted by Crippen LogP contribution is -2.30. The second-order valence-corrected chi connectivity index (χ2v) is 20.5. The molecule has 0 aromatic carbocycles. The van der Waals surface area contributed by atoms with E-state index in [4.69, 9.17) is 23.3 Å². The topological polar surface area (TPSA) is 155 Å². The number of allylic oxidation sites excluding steroid dienone is 16. The van der Waals surface area contributed by atoms with E-state index in [-0.39, 0.29) is 25.9 Å². The first-order chi connectivity index (χ1) is 36.2. The fraction of sp³-hybridized carbons (Fsp3) is 0.694. The van der Waals surface area contributed by atoms with E-state index < -0.39 is 57.8 Å². The summed E-state index contributed by atoms with van der Waals surface area (Å²) in [4.78, 5) is 48.5. The first-order valence-electron chi connectivity index (χ1n) is 29.1. The van der Waals surface area contributed by atoms with E-state index in [0.29, 0.717) is 19.3 Å². The van der Waals surface area contributed by atoms with Crippen molar-refractivity contribution in [2.45, 2.75) is 251 Å². The predicted molar refractivity (Wildman–Crippen MR) is 307 cm³/mol. The first-order valence-corrected chi connectivity index (χ1v) is 30.6. The fourth-order valence-corrected chi connectivity index (χ4v) is 8.37. The summed E-state index contributed by atoms with van der Waals surface area (Å²) in [5.41, 5.74) is 0. The molecule has 0 bridgehead atoms. The number of phosphoric ester groups is 1. The van der Waals surface area contributed by atoms with Crippen LogP contribution < -0.4 is 0 Å². The summed E-state index contributed by atoms with van der Waals surface area (Å²) in [5.74, 6) is -1.58. The fourth-order valence-electron chi connectivity index (χ4n) is 7.59. The number of rotatable bonds is 53. The molecule has 0 amide bonds. The molecule has 0 saturated heterocycles. The van der Waals surface area contributed by atoms with E-state index in [0.717, 1.165) is 96.3 Å². The maximum absolute atomic E-state index is 12.9. The molecule has 2 N–H and O–H groups in total. The number of phosphoric acid groups is 1. The Kier molecular flexibility index (Phi) is 52.9. The molecule has 3 atom stereocenters. The molecule has 3 unspecified atom stereocenters. The van der Waals surface area contributed by atoms with Crippen LogP contribution in [0.2, 0.25) is 0 Å². The molecular weight excluding hydrogens is 952 g/mol. The van der Waals surface area contributed by atoms with Crippen molar-refractivity contribution in [2.24, 2.45) is 0 Å². The van der Waals surface area contributed by atoms with Gasteiger partial charge in [-0.25, -0.2) is 4.57 Å². The van der Waals surface area contributed by atoms with E-state index in [1.54, 1.807) is 0 Å². The molecule has 424 valence electrons. The number of ether oxygens (including phenoxy) is 3. The Morgan fingerprint density at radius 1 is 0.392 bits per heavy atom. The zero-order chi connectivity index (χ0) is 54.1. The van der Waals surface area contributed by atoms with Crippen molar-refractivity contribution in [1.29, 1.82) is 0 Å². The van der Waals surface area contributed by atoms with Crippen LogP contribution in [-0.2, 0) is 42.2 Å². The number of aliphatic hydroxyl groups excluding tert-OH is 1. The van der Waals surface area contributed by atoms with Crippen molar-refractivity contribution in [3.8, 4) is 0 Å². The minimum atomic E-state index is -4.77. The largest absolute Gasteiger partial charge is 0.472 e. The van der Waals surface area contributed by atoms with Gasteiger partial charge in [-0.1, -0.05) is 227 Å². The second kappa shape index (κ2) is 55.6. The lowest BCUT2D eigenvalue weighted by atomic mass is 10.1. The van der Waals surface area contributed by atoms with Crippen LogP contribution in [-0.4, -0.2) is 66.5 Å². The third-order valence-corrected chi connectivity index (χ3v) is 13.0. The minimum Gasteiger partial charge on any atom is -0.462 e. The van der Waals surface area contributed by atoms with E-state index in [1.807, 2.05) is 12.2 Å². The van der Waals surface area contributed by atoms with Crippen LogP contribution in [0.1, 0.15) is 239 Å². The van der Waals surface area contributed by atoms with Crippen molar-refractivity contribution >= 4 is 25.7 Å². The normalized spacial score (nSPS) is 14.1. The summed E-state index contributed by atoms with van der Waals surface area (Å²) in [6.07, 6.45) is 65.2. The summed E-state index contributed by atoms with van der Waals surface area (Å²) in [5, 5.41) is 9.80. The van der Waals surface area contributed by atoms with Crippen LogP contribution in [0, 0.1) is 0 Å². The van der Waals surface area contributed by atoms with Crippen molar-refractivity contribution in [3.05, 3.63) is 97.2 Å². The highest BCUT2D eigenvalue weighted by Gasteiger charge is 2.28. The number of hydrogen-bond acceptors (Lipinski definition) is 10. The Labute approximate surface area is 451 Å². The Morgan fingerprint density at radius 2 is 0.730 bits per heavy atom.